The molecule has 4 heterocycles. The van der Waals surface area contributed by atoms with Crippen LogP contribution < -0.4 is 0 Å². The van der Waals surface area contributed by atoms with E-state index in [1.54, 1.807) is 18.6 Å². The van der Waals surface area contributed by atoms with E-state index in [0.717, 1.165) is 33.3 Å². The lowest BCUT2D eigenvalue weighted by Crippen LogP contribution is -2.21. The average molecular weight is 539 g/mol. The second-order valence-corrected chi connectivity index (χ2v) is 8.98. The molecule has 2 N–H and O–H groups in total. The molecule has 0 radical (unpaired) electrons. The topological polar surface area (TPSA) is 109 Å². The summed E-state index contributed by atoms with van der Waals surface area (Å²) in [6.07, 6.45) is 1.73. The summed E-state index contributed by atoms with van der Waals surface area (Å²) in [4.78, 5) is 37.2. The molecule has 0 spiro atoms. The minimum atomic E-state index is -5.08. The van der Waals surface area contributed by atoms with Gasteiger partial charge in [0.05, 0.1) is 23.6 Å². The van der Waals surface area contributed by atoms with Crippen LogP contribution in [0.3, 0.4) is 0 Å². The largest absolute Gasteiger partial charge is 0.490 e. The van der Waals surface area contributed by atoms with Crippen molar-refractivity contribution < 1.29 is 32.3 Å². The first-order chi connectivity index (χ1) is 18.5. The summed E-state index contributed by atoms with van der Waals surface area (Å²) in [5, 5.41) is 8.67. The summed E-state index contributed by atoms with van der Waals surface area (Å²) in [6.45, 7) is 3.79. The third kappa shape index (κ3) is 6.08. The number of Topliss-reactive ketones (excluding diaryl/α,β-unsaturated/α-hetero) is 1. The summed E-state index contributed by atoms with van der Waals surface area (Å²) >= 11 is 0. The number of carbonyl (C=O) groups excluding carboxylic acids is 1. The minimum absolute atomic E-state index is 0.0132. The Labute approximate surface area is 219 Å². The summed E-state index contributed by atoms with van der Waals surface area (Å²) in [5.41, 5.74) is 5.15. The van der Waals surface area contributed by atoms with Crippen LogP contribution in [0.5, 0.6) is 0 Å². The molecule has 0 aliphatic carbocycles. The van der Waals surface area contributed by atoms with Crippen LogP contribution in [0.25, 0.3) is 44.3 Å². The van der Waals surface area contributed by atoms with Crippen molar-refractivity contribution in [3.8, 4) is 22.4 Å². The molecule has 0 aliphatic rings. The molecule has 0 fully saturated rings. The van der Waals surface area contributed by atoms with Gasteiger partial charge in [-0.1, -0.05) is 38.1 Å². The van der Waals surface area contributed by atoms with Gasteiger partial charge in [-0.2, -0.15) is 13.2 Å². The molecule has 0 atom stereocenters. The summed E-state index contributed by atoms with van der Waals surface area (Å²) in [6, 6.07) is 13.2. The molecule has 0 bridgehead atoms. The van der Waals surface area contributed by atoms with Gasteiger partial charge in [-0.25, -0.2) is 14.2 Å². The van der Waals surface area contributed by atoms with Gasteiger partial charge in [0.25, 0.3) is 0 Å². The first kappa shape index (κ1) is 27.4. The zero-order valence-corrected chi connectivity index (χ0v) is 20.8. The zero-order chi connectivity index (χ0) is 28.3. The highest BCUT2D eigenvalue weighted by Gasteiger charge is 2.38. The van der Waals surface area contributed by atoms with Gasteiger partial charge in [0.1, 0.15) is 17.2 Å². The molecule has 200 valence electrons. The molecule has 39 heavy (non-hydrogen) atoms. The molecule has 0 amide bonds. The number of aliphatic carboxylic acids is 1. The fraction of sp³-hybridized carbons (Fsp3) is 0.179. The lowest BCUT2D eigenvalue weighted by atomic mass is 9.96. The maximum atomic E-state index is 15.1. The molecule has 0 aliphatic heterocycles. The average Bonchev–Trinajstić information content (AvgIpc) is 3.27. The minimum Gasteiger partial charge on any atom is -0.475 e. The number of hydrogen-bond acceptors (Lipinski definition) is 5. The third-order valence-electron chi connectivity index (χ3n) is 5.92. The molecule has 0 unspecified atom stereocenters. The quantitative estimate of drug-likeness (QED) is 0.251. The summed E-state index contributed by atoms with van der Waals surface area (Å²) < 4.78 is 46.8. The molecule has 0 saturated carbocycles. The lowest BCUT2D eigenvalue weighted by molar-refractivity contribution is -0.192. The van der Waals surface area contributed by atoms with Gasteiger partial charge < -0.3 is 10.1 Å². The highest BCUT2D eigenvalue weighted by atomic mass is 19.4. The van der Waals surface area contributed by atoms with Crippen LogP contribution in [0.1, 0.15) is 19.4 Å². The maximum Gasteiger partial charge on any atom is 0.490 e. The Kier molecular flexibility index (Phi) is 7.70. The fourth-order valence-corrected chi connectivity index (χ4v) is 3.88. The first-order valence-corrected chi connectivity index (χ1v) is 11.7. The molecular formula is C28H22F4N4O3. The second-order valence-electron chi connectivity index (χ2n) is 8.98. The van der Waals surface area contributed by atoms with Gasteiger partial charge in [-0.15, -0.1) is 0 Å². The van der Waals surface area contributed by atoms with E-state index in [-0.39, 0.29) is 11.7 Å². The number of aromatic amines is 1. The van der Waals surface area contributed by atoms with Crippen LogP contribution in [0, 0.1) is 11.7 Å². The number of benzene rings is 1. The smallest absolute Gasteiger partial charge is 0.475 e. The summed E-state index contributed by atoms with van der Waals surface area (Å²) in [7, 11) is 0. The number of aromatic nitrogens is 4. The molecule has 1 aromatic carbocycles. The molecular weight excluding hydrogens is 516 g/mol. The second kappa shape index (κ2) is 11.0. The standard InChI is InChI=1S/C26H21FN4O.C2HF3O2/c1-15(2)23(32)10-16-5-7-17(8-6-16)24-20(27)13-30-26-25(24)19-11-21(29-14-22(19)31-26)18-4-3-9-28-12-18;3-2(4,5)1(6)7/h3-9,11-15H,10H2,1-2H3,(H,30,31);(H,6,7). The van der Waals surface area contributed by atoms with E-state index in [1.807, 2.05) is 56.3 Å². The first-order valence-electron chi connectivity index (χ1n) is 11.7. The van der Waals surface area contributed by atoms with Crippen LogP contribution in [0.15, 0.2) is 67.3 Å². The monoisotopic (exact) mass is 538 g/mol. The number of halogens is 4. The van der Waals surface area contributed by atoms with Crippen LogP contribution in [0.2, 0.25) is 0 Å². The number of fused-ring (bicyclic) bond motifs is 3. The molecule has 4 aromatic heterocycles. The zero-order valence-electron chi connectivity index (χ0n) is 20.8. The molecule has 5 aromatic rings. The van der Waals surface area contributed by atoms with E-state index in [1.165, 1.54) is 6.20 Å². The molecule has 11 heteroatoms. The van der Waals surface area contributed by atoms with Crippen molar-refractivity contribution in [1.29, 1.82) is 0 Å². The third-order valence-corrected chi connectivity index (χ3v) is 5.92. The number of alkyl halides is 3. The van der Waals surface area contributed by atoms with Crippen LogP contribution >= 0.6 is 0 Å². The number of hydrogen-bond donors (Lipinski definition) is 2. The van der Waals surface area contributed by atoms with Crippen LogP contribution in [0.4, 0.5) is 17.6 Å². The number of carboxylic acids is 1. The van der Waals surface area contributed by atoms with Gasteiger partial charge in [0.2, 0.25) is 0 Å². The van der Waals surface area contributed by atoms with Crippen molar-refractivity contribution in [3.05, 3.63) is 78.6 Å². The maximum absolute atomic E-state index is 15.1. The van der Waals surface area contributed by atoms with Crippen molar-refractivity contribution in [2.75, 3.05) is 0 Å². The number of carboxylic acid groups (broad SMARTS) is 1. The van der Waals surface area contributed by atoms with Gasteiger partial charge in [0.15, 0.2) is 0 Å². The number of ketones is 1. The predicted octanol–water partition coefficient (Wildman–Crippen LogP) is 6.38. The lowest BCUT2D eigenvalue weighted by Gasteiger charge is -2.09. The van der Waals surface area contributed by atoms with Crippen molar-refractivity contribution in [2.45, 2.75) is 26.4 Å². The van der Waals surface area contributed by atoms with Crippen molar-refractivity contribution >= 4 is 33.7 Å². The number of rotatable bonds is 5. The van der Waals surface area contributed by atoms with E-state index in [9.17, 15) is 18.0 Å². The Bertz CT molecular complexity index is 1650. The number of nitrogens with zero attached hydrogens (tertiary/aromatic N) is 3. The highest BCUT2D eigenvalue weighted by Crippen LogP contribution is 2.36. The van der Waals surface area contributed by atoms with Crippen LogP contribution in [-0.4, -0.2) is 43.0 Å². The van der Waals surface area contributed by atoms with Gasteiger partial charge in [-0.05, 0) is 29.3 Å². The Hall–Kier alpha value is -4.67. The van der Waals surface area contributed by atoms with Crippen molar-refractivity contribution in [2.24, 2.45) is 5.92 Å². The van der Waals surface area contributed by atoms with Crippen molar-refractivity contribution in [1.82, 2.24) is 19.9 Å². The van der Waals surface area contributed by atoms with Crippen LogP contribution in [-0.2, 0) is 16.0 Å². The Morgan fingerprint density at radius 2 is 1.69 bits per heavy atom. The molecule has 7 nitrogen and oxygen atoms in total. The number of nitrogens with one attached hydrogen (secondary N) is 1. The normalized spacial score (nSPS) is 11.5. The van der Waals surface area contributed by atoms with E-state index in [4.69, 9.17) is 9.90 Å². The van der Waals surface area contributed by atoms with Gasteiger partial charge in [0, 0.05) is 46.6 Å². The van der Waals surface area contributed by atoms with Crippen molar-refractivity contribution in [3.63, 3.8) is 0 Å². The van der Waals surface area contributed by atoms with Gasteiger partial charge in [-0.3, -0.25) is 14.8 Å². The fourth-order valence-electron chi connectivity index (χ4n) is 3.88. The Balaban J connectivity index is 0.000000448. The number of pyridine rings is 3. The number of H-pyrrole nitrogens is 1. The van der Waals surface area contributed by atoms with E-state index in [2.05, 4.69) is 19.9 Å². The van der Waals surface area contributed by atoms with E-state index >= 15 is 4.39 Å². The van der Waals surface area contributed by atoms with E-state index < -0.39 is 18.0 Å². The van der Waals surface area contributed by atoms with E-state index in [0.29, 0.717) is 23.0 Å². The Morgan fingerprint density at radius 3 is 2.28 bits per heavy atom. The molecule has 0 saturated heterocycles. The predicted molar refractivity (Wildman–Crippen MR) is 137 cm³/mol. The van der Waals surface area contributed by atoms with Gasteiger partial charge >= 0.3 is 12.1 Å². The Morgan fingerprint density at radius 1 is 1.00 bits per heavy atom. The summed E-state index contributed by atoms with van der Waals surface area (Å²) in [5.74, 6) is -2.99. The number of carbonyl (C=O) groups is 2. The SMILES string of the molecule is CC(C)C(=O)Cc1ccc(-c2c(F)cnc3[nH]c4cnc(-c5cccnc5)cc4c23)cc1.O=C(O)C(F)(F)F. The highest BCUT2D eigenvalue weighted by molar-refractivity contribution is 6.13. The molecule has 5 rings (SSSR count).